The zero-order chi connectivity index (χ0) is 14.9. The van der Waals surface area contributed by atoms with Crippen molar-refractivity contribution in [1.29, 1.82) is 0 Å². The maximum atomic E-state index is 12.5. The summed E-state index contributed by atoms with van der Waals surface area (Å²) in [6.07, 6.45) is 0. The van der Waals surface area contributed by atoms with Gasteiger partial charge in [0.1, 0.15) is 11.6 Å². The van der Waals surface area contributed by atoms with Crippen LogP contribution in [0.25, 0.3) is 0 Å². The quantitative estimate of drug-likeness (QED) is 0.882. The standard InChI is InChI=1S/C17H16N2O2/c1-17(13-10-6-3-7-11-13)16(21)18-14(15(20)19-17)12-8-4-2-5-9-12/h2-11,14H,1H3,(H,18,21)(H,19,20). The van der Waals surface area contributed by atoms with Gasteiger partial charge >= 0.3 is 0 Å². The third-order valence-electron chi connectivity index (χ3n) is 3.85. The van der Waals surface area contributed by atoms with E-state index in [1.54, 1.807) is 6.92 Å². The Labute approximate surface area is 123 Å². The van der Waals surface area contributed by atoms with E-state index in [4.69, 9.17) is 0 Å². The molecule has 2 atom stereocenters. The van der Waals surface area contributed by atoms with E-state index in [9.17, 15) is 9.59 Å². The Morgan fingerprint density at radius 1 is 0.905 bits per heavy atom. The van der Waals surface area contributed by atoms with Crippen LogP contribution in [-0.4, -0.2) is 11.8 Å². The molecule has 1 heterocycles. The molecule has 1 aliphatic heterocycles. The van der Waals surface area contributed by atoms with E-state index in [0.29, 0.717) is 0 Å². The molecule has 21 heavy (non-hydrogen) atoms. The zero-order valence-electron chi connectivity index (χ0n) is 11.7. The number of nitrogens with one attached hydrogen (secondary N) is 2. The highest BCUT2D eigenvalue weighted by Gasteiger charge is 2.44. The maximum absolute atomic E-state index is 12.5. The van der Waals surface area contributed by atoms with Gasteiger partial charge in [-0.1, -0.05) is 60.7 Å². The Kier molecular flexibility index (Phi) is 3.22. The van der Waals surface area contributed by atoms with Gasteiger partial charge in [-0.2, -0.15) is 0 Å². The van der Waals surface area contributed by atoms with Crippen molar-refractivity contribution in [3.63, 3.8) is 0 Å². The highest BCUT2D eigenvalue weighted by molar-refractivity contribution is 6.00. The van der Waals surface area contributed by atoms with Gasteiger partial charge in [-0.05, 0) is 18.1 Å². The minimum atomic E-state index is -1.04. The van der Waals surface area contributed by atoms with Crippen molar-refractivity contribution in [1.82, 2.24) is 10.6 Å². The molecule has 1 aliphatic rings. The molecule has 106 valence electrons. The van der Waals surface area contributed by atoms with Crippen LogP contribution >= 0.6 is 0 Å². The molecule has 1 fully saturated rings. The summed E-state index contributed by atoms with van der Waals surface area (Å²) in [5, 5.41) is 5.68. The lowest BCUT2D eigenvalue weighted by Crippen LogP contribution is -2.63. The van der Waals surface area contributed by atoms with Crippen LogP contribution in [0.1, 0.15) is 24.1 Å². The van der Waals surface area contributed by atoms with Gasteiger partial charge in [0, 0.05) is 0 Å². The van der Waals surface area contributed by atoms with E-state index in [0.717, 1.165) is 11.1 Å². The summed E-state index contributed by atoms with van der Waals surface area (Å²) in [5.41, 5.74) is 0.504. The molecule has 0 saturated carbocycles. The molecule has 4 heteroatoms. The van der Waals surface area contributed by atoms with Crippen molar-refractivity contribution in [3.05, 3.63) is 71.8 Å². The fourth-order valence-corrected chi connectivity index (χ4v) is 2.57. The van der Waals surface area contributed by atoms with Gasteiger partial charge in [-0.3, -0.25) is 9.59 Å². The van der Waals surface area contributed by atoms with Crippen LogP contribution in [0.3, 0.4) is 0 Å². The monoisotopic (exact) mass is 280 g/mol. The van der Waals surface area contributed by atoms with Crippen molar-refractivity contribution in [2.75, 3.05) is 0 Å². The van der Waals surface area contributed by atoms with Gasteiger partial charge < -0.3 is 10.6 Å². The Morgan fingerprint density at radius 3 is 2.10 bits per heavy atom. The minimum absolute atomic E-state index is 0.202. The molecule has 0 aliphatic carbocycles. The van der Waals surface area contributed by atoms with E-state index >= 15 is 0 Å². The smallest absolute Gasteiger partial charge is 0.251 e. The highest BCUT2D eigenvalue weighted by atomic mass is 16.2. The van der Waals surface area contributed by atoms with Gasteiger partial charge in [-0.25, -0.2) is 0 Å². The molecule has 0 spiro atoms. The summed E-state index contributed by atoms with van der Waals surface area (Å²) in [6, 6.07) is 17.8. The number of hydrogen-bond donors (Lipinski definition) is 2. The molecule has 0 aromatic heterocycles. The molecule has 0 bridgehead atoms. The average molecular weight is 280 g/mol. The summed E-state index contributed by atoms with van der Waals surface area (Å²) < 4.78 is 0. The van der Waals surface area contributed by atoms with E-state index in [1.807, 2.05) is 60.7 Å². The van der Waals surface area contributed by atoms with Crippen molar-refractivity contribution in [2.24, 2.45) is 0 Å². The van der Waals surface area contributed by atoms with Crippen molar-refractivity contribution in [2.45, 2.75) is 18.5 Å². The zero-order valence-corrected chi connectivity index (χ0v) is 11.7. The summed E-state index contributed by atoms with van der Waals surface area (Å²) in [6.45, 7) is 1.72. The molecular weight excluding hydrogens is 264 g/mol. The molecule has 1 saturated heterocycles. The first kappa shape index (κ1) is 13.4. The molecule has 2 amide bonds. The van der Waals surface area contributed by atoms with Crippen LogP contribution in [-0.2, 0) is 15.1 Å². The van der Waals surface area contributed by atoms with Gasteiger partial charge in [0.25, 0.3) is 5.91 Å². The van der Waals surface area contributed by atoms with Crippen LogP contribution in [0.4, 0.5) is 0 Å². The maximum Gasteiger partial charge on any atom is 0.251 e. The second-order valence-corrected chi connectivity index (χ2v) is 5.30. The summed E-state index contributed by atoms with van der Waals surface area (Å²) in [4.78, 5) is 24.9. The van der Waals surface area contributed by atoms with E-state index in [-0.39, 0.29) is 11.8 Å². The number of hydrogen-bond acceptors (Lipinski definition) is 2. The molecule has 3 rings (SSSR count). The Morgan fingerprint density at radius 2 is 1.48 bits per heavy atom. The number of rotatable bonds is 2. The third kappa shape index (κ3) is 2.29. The Bertz CT molecular complexity index is 670. The van der Waals surface area contributed by atoms with Crippen molar-refractivity contribution >= 4 is 11.8 Å². The van der Waals surface area contributed by atoms with Crippen LogP contribution < -0.4 is 10.6 Å². The first-order chi connectivity index (χ1) is 10.1. The topological polar surface area (TPSA) is 58.2 Å². The van der Waals surface area contributed by atoms with Crippen LogP contribution in [0.2, 0.25) is 0 Å². The minimum Gasteiger partial charge on any atom is -0.338 e. The molecule has 2 aromatic carbocycles. The van der Waals surface area contributed by atoms with E-state index in [1.165, 1.54) is 0 Å². The highest BCUT2D eigenvalue weighted by Crippen LogP contribution is 2.27. The predicted octanol–water partition coefficient (Wildman–Crippen LogP) is 1.89. The van der Waals surface area contributed by atoms with Crippen molar-refractivity contribution < 1.29 is 9.59 Å². The lowest BCUT2D eigenvalue weighted by molar-refractivity contribution is -0.141. The number of carbonyl (C=O) groups excluding carboxylic acids is 2. The molecule has 0 radical (unpaired) electrons. The van der Waals surface area contributed by atoms with E-state index < -0.39 is 11.6 Å². The van der Waals surface area contributed by atoms with Crippen LogP contribution in [0, 0.1) is 0 Å². The number of benzene rings is 2. The first-order valence-electron chi connectivity index (χ1n) is 6.85. The summed E-state index contributed by atoms with van der Waals surface area (Å²) >= 11 is 0. The second kappa shape index (κ2) is 5.05. The predicted molar refractivity (Wildman–Crippen MR) is 79.3 cm³/mol. The van der Waals surface area contributed by atoms with Gasteiger partial charge in [0.05, 0.1) is 0 Å². The Balaban J connectivity index is 1.92. The largest absolute Gasteiger partial charge is 0.338 e. The van der Waals surface area contributed by atoms with Gasteiger partial charge in [-0.15, -0.1) is 0 Å². The lowest BCUT2D eigenvalue weighted by Gasteiger charge is -2.37. The third-order valence-corrected chi connectivity index (χ3v) is 3.85. The second-order valence-electron chi connectivity index (χ2n) is 5.30. The lowest BCUT2D eigenvalue weighted by atomic mass is 9.87. The van der Waals surface area contributed by atoms with Gasteiger partial charge in [0.2, 0.25) is 5.91 Å². The fourth-order valence-electron chi connectivity index (χ4n) is 2.57. The molecule has 2 unspecified atom stereocenters. The first-order valence-corrected chi connectivity index (χ1v) is 6.85. The molecular formula is C17H16N2O2. The molecule has 2 N–H and O–H groups in total. The molecule has 4 nitrogen and oxygen atoms in total. The van der Waals surface area contributed by atoms with Crippen molar-refractivity contribution in [3.8, 4) is 0 Å². The summed E-state index contributed by atoms with van der Waals surface area (Å²) in [5.74, 6) is -0.408. The van der Waals surface area contributed by atoms with Gasteiger partial charge in [0.15, 0.2) is 0 Å². The average Bonchev–Trinajstić information content (AvgIpc) is 2.52. The SMILES string of the molecule is CC1(c2ccccc2)NC(=O)C(c2ccccc2)NC1=O. The van der Waals surface area contributed by atoms with Crippen LogP contribution in [0.15, 0.2) is 60.7 Å². The normalized spacial score (nSPS) is 25.1. The van der Waals surface area contributed by atoms with Crippen LogP contribution in [0.5, 0.6) is 0 Å². The number of piperazine rings is 1. The fraction of sp³-hybridized carbons (Fsp3) is 0.176. The number of carbonyl (C=O) groups is 2. The summed E-state index contributed by atoms with van der Waals surface area (Å²) in [7, 11) is 0. The van der Waals surface area contributed by atoms with E-state index in [2.05, 4.69) is 10.6 Å². The molecule has 2 aromatic rings. The number of amides is 2. The Hall–Kier alpha value is -2.62.